The van der Waals surface area contributed by atoms with E-state index < -0.39 is 0 Å². The molecule has 2 heterocycles. The number of ether oxygens (including phenoxy) is 2. The summed E-state index contributed by atoms with van der Waals surface area (Å²) in [5.74, 6) is 1.69. The molecule has 7 heteroatoms. The Labute approximate surface area is 161 Å². The number of hydrogen-bond donors (Lipinski definition) is 0. The molecule has 1 aliphatic heterocycles. The number of piperazine rings is 1. The molecule has 0 saturated carbocycles. The van der Waals surface area contributed by atoms with E-state index in [9.17, 15) is 4.79 Å². The van der Waals surface area contributed by atoms with Crippen LogP contribution < -0.4 is 9.47 Å². The molecule has 0 spiro atoms. The highest BCUT2D eigenvalue weighted by atomic mass is 79.9. The van der Waals surface area contributed by atoms with Gasteiger partial charge in [0, 0.05) is 55.2 Å². The maximum atomic E-state index is 12.6. The Morgan fingerprint density at radius 1 is 1.12 bits per heavy atom. The monoisotopic (exact) mass is 419 g/mol. The maximum absolute atomic E-state index is 12.6. The van der Waals surface area contributed by atoms with Crippen LogP contribution in [-0.2, 0) is 6.54 Å². The number of amides is 1. The van der Waals surface area contributed by atoms with Crippen molar-refractivity contribution in [2.75, 3.05) is 40.4 Å². The van der Waals surface area contributed by atoms with Gasteiger partial charge in [-0.05, 0) is 40.2 Å². The zero-order valence-corrected chi connectivity index (χ0v) is 16.5. The van der Waals surface area contributed by atoms with E-state index in [1.165, 1.54) is 0 Å². The van der Waals surface area contributed by atoms with E-state index in [0.717, 1.165) is 41.2 Å². The third kappa shape index (κ3) is 4.34. The second-order valence-electron chi connectivity index (χ2n) is 6.14. The van der Waals surface area contributed by atoms with E-state index in [-0.39, 0.29) is 5.91 Å². The van der Waals surface area contributed by atoms with Crippen molar-refractivity contribution < 1.29 is 14.3 Å². The van der Waals surface area contributed by atoms with Gasteiger partial charge in [-0.3, -0.25) is 14.7 Å². The first-order chi connectivity index (χ1) is 12.6. The van der Waals surface area contributed by atoms with Gasteiger partial charge in [-0.25, -0.2) is 0 Å². The molecule has 138 valence electrons. The SMILES string of the molecule is COc1ccc(OC)c(CN2CCN(C(=O)c3cncc(Br)c3)CC2)c1. The summed E-state index contributed by atoms with van der Waals surface area (Å²) in [7, 11) is 3.33. The summed E-state index contributed by atoms with van der Waals surface area (Å²) in [5.41, 5.74) is 1.70. The second kappa shape index (κ2) is 8.51. The van der Waals surface area contributed by atoms with Crippen LogP contribution in [0.1, 0.15) is 15.9 Å². The lowest BCUT2D eigenvalue weighted by molar-refractivity contribution is 0.0627. The van der Waals surface area contributed by atoms with Crippen LogP contribution in [0.3, 0.4) is 0 Å². The Kier molecular flexibility index (Phi) is 6.11. The molecule has 2 aromatic rings. The number of carbonyl (C=O) groups excluding carboxylic acids is 1. The van der Waals surface area contributed by atoms with Crippen molar-refractivity contribution in [1.82, 2.24) is 14.8 Å². The number of methoxy groups -OCH3 is 2. The fourth-order valence-corrected chi connectivity index (χ4v) is 3.43. The van der Waals surface area contributed by atoms with Crippen LogP contribution in [0.15, 0.2) is 41.1 Å². The first-order valence-corrected chi connectivity index (χ1v) is 9.23. The van der Waals surface area contributed by atoms with Crippen molar-refractivity contribution in [3.05, 3.63) is 52.3 Å². The minimum absolute atomic E-state index is 0.0254. The van der Waals surface area contributed by atoms with Crippen molar-refractivity contribution in [2.45, 2.75) is 6.54 Å². The molecule has 0 aliphatic carbocycles. The van der Waals surface area contributed by atoms with E-state index in [0.29, 0.717) is 18.7 Å². The number of hydrogen-bond acceptors (Lipinski definition) is 5. The molecular formula is C19H22BrN3O3. The van der Waals surface area contributed by atoms with Gasteiger partial charge in [-0.2, -0.15) is 0 Å². The molecule has 6 nitrogen and oxygen atoms in total. The third-order valence-electron chi connectivity index (χ3n) is 4.49. The van der Waals surface area contributed by atoms with Gasteiger partial charge < -0.3 is 14.4 Å². The van der Waals surface area contributed by atoms with Crippen LogP contribution >= 0.6 is 15.9 Å². The summed E-state index contributed by atoms with van der Waals surface area (Å²) in [6.07, 6.45) is 3.29. The first-order valence-electron chi connectivity index (χ1n) is 8.44. The maximum Gasteiger partial charge on any atom is 0.255 e. The van der Waals surface area contributed by atoms with Crippen LogP contribution in [0.4, 0.5) is 0 Å². The molecule has 1 aromatic heterocycles. The van der Waals surface area contributed by atoms with Crippen LogP contribution in [0.25, 0.3) is 0 Å². The van der Waals surface area contributed by atoms with Gasteiger partial charge in [0.2, 0.25) is 0 Å². The summed E-state index contributed by atoms with van der Waals surface area (Å²) in [6.45, 7) is 3.77. The summed E-state index contributed by atoms with van der Waals surface area (Å²) >= 11 is 3.36. The molecule has 1 fully saturated rings. The highest BCUT2D eigenvalue weighted by Crippen LogP contribution is 2.25. The van der Waals surface area contributed by atoms with Gasteiger partial charge in [-0.1, -0.05) is 0 Å². The zero-order valence-electron chi connectivity index (χ0n) is 14.9. The second-order valence-corrected chi connectivity index (χ2v) is 7.05. The average molecular weight is 420 g/mol. The van der Waals surface area contributed by atoms with Crippen molar-refractivity contribution in [2.24, 2.45) is 0 Å². The number of rotatable bonds is 5. The van der Waals surface area contributed by atoms with E-state index in [2.05, 4.69) is 25.8 Å². The van der Waals surface area contributed by atoms with Crippen LogP contribution in [-0.4, -0.2) is 61.1 Å². The Hall–Kier alpha value is -2.12. The lowest BCUT2D eigenvalue weighted by atomic mass is 10.1. The molecular weight excluding hydrogens is 398 g/mol. The molecule has 0 bridgehead atoms. The Morgan fingerprint density at radius 3 is 2.54 bits per heavy atom. The number of pyridine rings is 1. The molecule has 0 radical (unpaired) electrons. The van der Waals surface area contributed by atoms with Gasteiger partial charge in [0.1, 0.15) is 11.5 Å². The fourth-order valence-electron chi connectivity index (χ4n) is 3.07. The number of nitrogens with zero attached hydrogens (tertiary/aromatic N) is 3. The van der Waals surface area contributed by atoms with Crippen LogP contribution in [0.5, 0.6) is 11.5 Å². The highest BCUT2D eigenvalue weighted by molar-refractivity contribution is 9.10. The molecule has 26 heavy (non-hydrogen) atoms. The van der Waals surface area contributed by atoms with Gasteiger partial charge in [0.05, 0.1) is 19.8 Å². The van der Waals surface area contributed by atoms with E-state index >= 15 is 0 Å². The fraction of sp³-hybridized carbons (Fsp3) is 0.368. The predicted molar refractivity (Wildman–Crippen MR) is 103 cm³/mol. The predicted octanol–water partition coefficient (Wildman–Crippen LogP) is 2.82. The van der Waals surface area contributed by atoms with Gasteiger partial charge in [0.25, 0.3) is 5.91 Å². The molecule has 1 aromatic carbocycles. The Morgan fingerprint density at radius 2 is 1.88 bits per heavy atom. The summed E-state index contributed by atoms with van der Waals surface area (Å²) in [5, 5.41) is 0. The van der Waals surface area contributed by atoms with Gasteiger partial charge >= 0.3 is 0 Å². The van der Waals surface area contributed by atoms with Gasteiger partial charge in [-0.15, -0.1) is 0 Å². The van der Waals surface area contributed by atoms with Crippen molar-refractivity contribution in [3.8, 4) is 11.5 Å². The number of carbonyl (C=O) groups is 1. The minimum Gasteiger partial charge on any atom is -0.497 e. The smallest absolute Gasteiger partial charge is 0.255 e. The van der Waals surface area contributed by atoms with E-state index in [1.807, 2.05) is 29.2 Å². The molecule has 1 amide bonds. The lowest BCUT2D eigenvalue weighted by Gasteiger charge is -2.35. The molecule has 3 rings (SSSR count). The van der Waals surface area contributed by atoms with Crippen molar-refractivity contribution in [1.29, 1.82) is 0 Å². The van der Waals surface area contributed by atoms with Crippen molar-refractivity contribution >= 4 is 21.8 Å². The summed E-state index contributed by atoms with van der Waals surface area (Å²) < 4.78 is 11.6. The lowest BCUT2D eigenvalue weighted by Crippen LogP contribution is -2.48. The quantitative estimate of drug-likeness (QED) is 0.745. The molecule has 1 aliphatic rings. The minimum atomic E-state index is 0.0254. The number of benzene rings is 1. The summed E-state index contributed by atoms with van der Waals surface area (Å²) in [6, 6.07) is 7.63. The van der Waals surface area contributed by atoms with Crippen molar-refractivity contribution in [3.63, 3.8) is 0 Å². The van der Waals surface area contributed by atoms with E-state index in [4.69, 9.17) is 9.47 Å². The number of halogens is 1. The average Bonchev–Trinajstić information content (AvgIpc) is 2.68. The van der Waals surface area contributed by atoms with E-state index in [1.54, 1.807) is 26.6 Å². The number of aromatic nitrogens is 1. The topological polar surface area (TPSA) is 54.9 Å². The van der Waals surface area contributed by atoms with Crippen LogP contribution in [0.2, 0.25) is 0 Å². The molecule has 0 N–H and O–H groups in total. The van der Waals surface area contributed by atoms with Gasteiger partial charge in [0.15, 0.2) is 0 Å². The summed E-state index contributed by atoms with van der Waals surface area (Å²) in [4.78, 5) is 20.9. The Bertz CT molecular complexity index is 776. The largest absolute Gasteiger partial charge is 0.497 e. The molecule has 0 atom stereocenters. The van der Waals surface area contributed by atoms with Crippen LogP contribution in [0, 0.1) is 0 Å². The normalized spacial score (nSPS) is 15.0. The highest BCUT2D eigenvalue weighted by Gasteiger charge is 2.23. The standard InChI is InChI=1S/C19H22BrN3O3/c1-25-17-3-4-18(26-2)15(10-17)13-22-5-7-23(8-6-22)19(24)14-9-16(20)12-21-11-14/h3-4,9-12H,5-8,13H2,1-2H3. The Balaban J connectivity index is 1.61. The zero-order chi connectivity index (χ0) is 18.5. The first kappa shape index (κ1) is 18.7. The molecule has 1 saturated heterocycles. The third-order valence-corrected chi connectivity index (χ3v) is 4.93. The molecule has 0 unspecified atom stereocenters.